The van der Waals surface area contributed by atoms with E-state index in [9.17, 15) is 35.1 Å². The Balaban J connectivity index is 1.95. The van der Waals surface area contributed by atoms with Crippen LogP contribution in [-0.2, 0) is 23.8 Å². The summed E-state index contributed by atoms with van der Waals surface area (Å²) < 4.78 is 16.7. The smallest absolute Gasteiger partial charge is 0.305 e. The van der Waals surface area contributed by atoms with Crippen LogP contribution in [-0.4, -0.2) is 100 Å². The van der Waals surface area contributed by atoms with Gasteiger partial charge in [-0.1, -0.05) is 256 Å². The first kappa shape index (κ1) is 73.9. The van der Waals surface area contributed by atoms with Crippen LogP contribution in [0.2, 0.25) is 0 Å². The molecule has 0 saturated carbocycles. The van der Waals surface area contributed by atoms with Gasteiger partial charge in [-0.25, -0.2) is 0 Å². The number of amides is 1. The number of rotatable bonds is 58. The van der Waals surface area contributed by atoms with Gasteiger partial charge in [0.05, 0.1) is 32.0 Å². The highest BCUT2D eigenvalue weighted by Gasteiger charge is 2.44. The van der Waals surface area contributed by atoms with Crippen LogP contribution in [0.25, 0.3) is 0 Å². The molecule has 1 fully saturated rings. The number of aliphatic hydroxyl groups excluding tert-OH is 5. The number of hydrogen-bond donors (Lipinski definition) is 6. The zero-order chi connectivity index (χ0) is 56.6. The molecular weight excluding hydrogens is 979 g/mol. The lowest BCUT2D eigenvalue weighted by atomic mass is 9.99. The van der Waals surface area contributed by atoms with Gasteiger partial charge < -0.3 is 45.1 Å². The average Bonchev–Trinajstić information content (AvgIpc) is 3.43. The maximum Gasteiger partial charge on any atom is 0.305 e. The summed E-state index contributed by atoms with van der Waals surface area (Å²) in [5.74, 6) is -0.190. The van der Waals surface area contributed by atoms with E-state index < -0.39 is 49.5 Å². The van der Waals surface area contributed by atoms with Gasteiger partial charge in [-0.15, -0.1) is 0 Å². The normalized spacial score (nSPS) is 18.7. The van der Waals surface area contributed by atoms with Gasteiger partial charge >= 0.3 is 5.97 Å². The number of ether oxygens (including phenoxy) is 3. The van der Waals surface area contributed by atoms with Crippen LogP contribution >= 0.6 is 0 Å². The van der Waals surface area contributed by atoms with Gasteiger partial charge in [0.25, 0.3) is 0 Å². The van der Waals surface area contributed by atoms with E-state index in [0.29, 0.717) is 19.4 Å². The summed E-state index contributed by atoms with van der Waals surface area (Å²) in [4.78, 5) is 25.1. The van der Waals surface area contributed by atoms with E-state index in [1.807, 2.05) is 6.08 Å². The van der Waals surface area contributed by atoms with Gasteiger partial charge in [0.1, 0.15) is 24.4 Å². The van der Waals surface area contributed by atoms with E-state index in [2.05, 4.69) is 43.5 Å². The number of hydrogen-bond acceptors (Lipinski definition) is 10. The number of nitrogens with one attached hydrogen (secondary N) is 1. The zero-order valence-electron chi connectivity index (χ0n) is 50.6. The summed E-state index contributed by atoms with van der Waals surface area (Å²) >= 11 is 0. The first-order valence-electron chi connectivity index (χ1n) is 33.3. The van der Waals surface area contributed by atoms with Gasteiger partial charge in [0.15, 0.2) is 6.29 Å². The van der Waals surface area contributed by atoms with Gasteiger partial charge in [0.2, 0.25) is 5.91 Å². The molecule has 1 rings (SSSR count). The van der Waals surface area contributed by atoms with Crippen LogP contribution < -0.4 is 5.32 Å². The van der Waals surface area contributed by atoms with Crippen molar-refractivity contribution in [1.29, 1.82) is 0 Å². The predicted octanol–water partition coefficient (Wildman–Crippen LogP) is 16.2. The summed E-state index contributed by atoms with van der Waals surface area (Å²) in [6, 6.07) is -0.812. The second kappa shape index (κ2) is 56.7. The highest BCUT2D eigenvalue weighted by atomic mass is 16.7. The van der Waals surface area contributed by atoms with Gasteiger partial charge in [-0.05, 0) is 83.5 Å². The third-order valence-electron chi connectivity index (χ3n) is 15.7. The number of unbranched alkanes of at least 4 members (excludes halogenated alkanes) is 40. The number of esters is 1. The summed E-state index contributed by atoms with van der Waals surface area (Å²) in [7, 11) is 0. The first-order chi connectivity index (χ1) is 38.2. The monoisotopic (exact) mass is 1100 g/mol. The highest BCUT2D eigenvalue weighted by molar-refractivity contribution is 5.76. The van der Waals surface area contributed by atoms with Crippen LogP contribution in [0, 0.1) is 0 Å². The molecule has 6 N–H and O–H groups in total. The zero-order valence-corrected chi connectivity index (χ0v) is 50.6. The molecule has 0 radical (unpaired) electrons. The Morgan fingerprint density at radius 3 is 1.23 bits per heavy atom. The van der Waals surface area contributed by atoms with E-state index in [1.165, 1.54) is 225 Å². The van der Waals surface area contributed by atoms with Crippen LogP contribution in [0.3, 0.4) is 0 Å². The second-order valence-electron chi connectivity index (χ2n) is 23.2. The molecule has 7 unspecified atom stereocenters. The molecule has 11 nitrogen and oxygen atoms in total. The lowest BCUT2D eigenvalue weighted by Gasteiger charge is -2.40. The van der Waals surface area contributed by atoms with Crippen molar-refractivity contribution >= 4 is 11.9 Å². The molecule has 0 aliphatic carbocycles. The number of allylic oxidation sites excluding steroid dienone is 5. The summed E-state index contributed by atoms with van der Waals surface area (Å²) in [5.41, 5.74) is 0. The Hall–Kier alpha value is -2.12. The molecule has 0 bridgehead atoms. The van der Waals surface area contributed by atoms with Crippen molar-refractivity contribution in [2.24, 2.45) is 0 Å². The van der Waals surface area contributed by atoms with E-state index in [4.69, 9.17) is 14.2 Å². The van der Waals surface area contributed by atoms with Crippen molar-refractivity contribution in [3.05, 3.63) is 36.5 Å². The lowest BCUT2D eigenvalue weighted by Crippen LogP contribution is -2.60. The number of aliphatic hydroxyl groups is 5. The maximum atomic E-state index is 13.0. The van der Waals surface area contributed by atoms with Crippen molar-refractivity contribution in [1.82, 2.24) is 5.32 Å². The molecule has 0 aromatic rings. The molecule has 11 heteroatoms. The Morgan fingerprint density at radius 1 is 0.462 bits per heavy atom. The van der Waals surface area contributed by atoms with Crippen molar-refractivity contribution in [3.8, 4) is 0 Å². The molecule has 1 heterocycles. The Morgan fingerprint density at radius 2 is 0.821 bits per heavy atom. The van der Waals surface area contributed by atoms with E-state index in [-0.39, 0.29) is 18.5 Å². The van der Waals surface area contributed by atoms with E-state index in [0.717, 1.165) is 64.2 Å². The standard InChI is InChI=1S/C67H125NO10/c1-3-5-7-9-11-13-14-15-16-25-29-32-35-39-43-47-51-55-63(72)76-56-52-48-44-40-36-33-30-27-24-22-20-18-17-19-21-23-26-28-31-34-38-42-46-50-54-62(71)68-59(60(70)53-49-45-41-37-12-10-8-6-4-2)58-77-67-66(75)65(74)64(73)61(57-69)78-67/h15-16,19,21,49,53,59-61,64-67,69-70,73-75H,3-14,17-18,20,22-48,50-52,54-58H2,1-2H3,(H,68,71)/b16-15-,21-19-,53-49+. The minimum absolute atomic E-state index is 0.00190. The summed E-state index contributed by atoms with van der Waals surface area (Å²) in [6.45, 7) is 4.32. The minimum Gasteiger partial charge on any atom is -0.466 e. The third kappa shape index (κ3) is 45.5. The largest absolute Gasteiger partial charge is 0.466 e. The van der Waals surface area contributed by atoms with Crippen molar-refractivity contribution < 1.29 is 49.3 Å². The lowest BCUT2D eigenvalue weighted by molar-refractivity contribution is -0.302. The molecule has 1 saturated heterocycles. The minimum atomic E-state index is -1.57. The fraction of sp³-hybridized carbons (Fsp3) is 0.881. The molecule has 7 atom stereocenters. The number of carbonyl (C=O) groups excluding carboxylic acids is 2. The van der Waals surface area contributed by atoms with Crippen LogP contribution in [0.15, 0.2) is 36.5 Å². The molecular formula is C67H125NO10. The van der Waals surface area contributed by atoms with Crippen LogP contribution in [0.4, 0.5) is 0 Å². The average molecular weight is 1100 g/mol. The molecule has 0 aromatic heterocycles. The van der Waals surface area contributed by atoms with Gasteiger partial charge in [0, 0.05) is 12.8 Å². The summed E-state index contributed by atoms with van der Waals surface area (Å²) in [6.07, 6.45) is 61.3. The van der Waals surface area contributed by atoms with E-state index >= 15 is 0 Å². The SMILES string of the molecule is CCCCCCCC/C=C\CCCCCCCCCC(=O)OCCCCCCCCCCCCCC/C=C\CCCCCCCCCCC(=O)NC(COC1OC(CO)C(O)C(O)C1O)C(O)/C=C/CCCCCCCCC. The van der Waals surface area contributed by atoms with Crippen molar-refractivity contribution in [3.63, 3.8) is 0 Å². The molecule has 1 aliphatic heterocycles. The second-order valence-corrected chi connectivity index (χ2v) is 23.2. The predicted molar refractivity (Wildman–Crippen MR) is 324 cm³/mol. The molecule has 1 amide bonds. The fourth-order valence-corrected chi connectivity index (χ4v) is 10.4. The van der Waals surface area contributed by atoms with Crippen LogP contribution in [0.1, 0.15) is 316 Å². The summed E-state index contributed by atoms with van der Waals surface area (Å²) in [5, 5.41) is 54.2. The van der Waals surface area contributed by atoms with Crippen molar-refractivity contribution in [2.45, 2.75) is 358 Å². The maximum absolute atomic E-state index is 13.0. The Kier molecular flexibility index (Phi) is 53.7. The highest BCUT2D eigenvalue weighted by Crippen LogP contribution is 2.23. The van der Waals surface area contributed by atoms with Crippen molar-refractivity contribution in [2.75, 3.05) is 19.8 Å². The van der Waals surface area contributed by atoms with Crippen LogP contribution in [0.5, 0.6) is 0 Å². The number of carbonyl (C=O) groups is 2. The topological polar surface area (TPSA) is 175 Å². The molecule has 458 valence electrons. The van der Waals surface area contributed by atoms with Gasteiger partial charge in [-0.2, -0.15) is 0 Å². The molecule has 78 heavy (non-hydrogen) atoms. The molecule has 0 spiro atoms. The Labute approximate surface area is 479 Å². The molecule has 1 aliphatic rings. The molecule has 0 aromatic carbocycles. The Bertz CT molecular complexity index is 1390. The fourth-order valence-electron chi connectivity index (χ4n) is 10.4. The van der Waals surface area contributed by atoms with Gasteiger partial charge in [-0.3, -0.25) is 9.59 Å². The third-order valence-corrected chi connectivity index (χ3v) is 15.7. The first-order valence-corrected chi connectivity index (χ1v) is 33.3. The quantitative estimate of drug-likeness (QED) is 0.0195. The van der Waals surface area contributed by atoms with E-state index in [1.54, 1.807) is 6.08 Å².